The highest BCUT2D eigenvalue weighted by Crippen LogP contribution is 2.26. The van der Waals surface area contributed by atoms with Gasteiger partial charge in [0.2, 0.25) is 0 Å². The fourth-order valence-electron chi connectivity index (χ4n) is 2.33. The molecule has 2 aromatic carbocycles. The SMILES string of the molecule is CCCCCOc1ccccc1/C=C(\C(=O)O)c1ccc(O)cc1. The van der Waals surface area contributed by atoms with Crippen molar-refractivity contribution in [1.82, 2.24) is 0 Å². The summed E-state index contributed by atoms with van der Waals surface area (Å²) in [7, 11) is 0. The Morgan fingerprint density at radius 2 is 1.79 bits per heavy atom. The molecule has 24 heavy (non-hydrogen) atoms. The molecule has 0 saturated heterocycles. The van der Waals surface area contributed by atoms with E-state index >= 15 is 0 Å². The molecule has 0 aliphatic rings. The molecule has 2 aromatic rings. The van der Waals surface area contributed by atoms with E-state index < -0.39 is 5.97 Å². The minimum atomic E-state index is -1.03. The Labute approximate surface area is 142 Å². The van der Waals surface area contributed by atoms with E-state index in [2.05, 4.69) is 6.92 Å². The quantitative estimate of drug-likeness (QED) is 0.423. The van der Waals surface area contributed by atoms with Gasteiger partial charge in [0.05, 0.1) is 12.2 Å². The zero-order valence-electron chi connectivity index (χ0n) is 13.7. The molecule has 0 amide bonds. The van der Waals surface area contributed by atoms with Crippen molar-refractivity contribution in [3.05, 3.63) is 59.7 Å². The van der Waals surface area contributed by atoms with Crippen LogP contribution in [0.5, 0.6) is 11.5 Å². The van der Waals surface area contributed by atoms with Gasteiger partial charge in [0.1, 0.15) is 11.5 Å². The first-order valence-electron chi connectivity index (χ1n) is 8.08. The Balaban J connectivity index is 2.29. The highest BCUT2D eigenvalue weighted by molar-refractivity contribution is 6.20. The number of rotatable bonds is 8. The van der Waals surface area contributed by atoms with Gasteiger partial charge in [-0.1, -0.05) is 50.1 Å². The van der Waals surface area contributed by atoms with Gasteiger partial charge in [-0.05, 0) is 36.3 Å². The van der Waals surface area contributed by atoms with Crippen molar-refractivity contribution < 1.29 is 19.7 Å². The van der Waals surface area contributed by atoms with Crippen LogP contribution in [0.25, 0.3) is 11.6 Å². The summed E-state index contributed by atoms with van der Waals surface area (Å²) in [4.78, 5) is 11.6. The lowest BCUT2D eigenvalue weighted by molar-refractivity contribution is -0.130. The van der Waals surface area contributed by atoms with Gasteiger partial charge in [-0.25, -0.2) is 4.79 Å². The van der Waals surface area contributed by atoms with E-state index in [9.17, 15) is 15.0 Å². The summed E-state index contributed by atoms with van der Waals surface area (Å²) in [5.74, 6) is -0.254. The summed E-state index contributed by atoms with van der Waals surface area (Å²) < 4.78 is 5.80. The molecule has 0 unspecified atom stereocenters. The second kappa shape index (κ2) is 8.77. The van der Waals surface area contributed by atoms with E-state index in [1.165, 1.54) is 12.1 Å². The van der Waals surface area contributed by atoms with Crippen LogP contribution in [-0.2, 0) is 4.79 Å². The van der Waals surface area contributed by atoms with E-state index in [-0.39, 0.29) is 11.3 Å². The van der Waals surface area contributed by atoms with Crippen LogP contribution >= 0.6 is 0 Å². The molecule has 0 bridgehead atoms. The normalized spacial score (nSPS) is 11.3. The van der Waals surface area contributed by atoms with Gasteiger partial charge in [-0.15, -0.1) is 0 Å². The van der Waals surface area contributed by atoms with Gasteiger partial charge in [0.15, 0.2) is 0 Å². The number of hydrogen-bond acceptors (Lipinski definition) is 3. The molecule has 4 nitrogen and oxygen atoms in total. The van der Waals surface area contributed by atoms with Crippen LogP contribution in [0.15, 0.2) is 48.5 Å². The van der Waals surface area contributed by atoms with Crippen LogP contribution in [0.1, 0.15) is 37.3 Å². The molecule has 4 heteroatoms. The standard InChI is InChI=1S/C20H22O4/c1-2-3-6-13-24-19-8-5-4-7-16(19)14-18(20(22)23)15-9-11-17(21)12-10-15/h4-5,7-12,14,21H,2-3,6,13H2,1H3,(H,22,23)/b18-14-. The number of carboxylic acid groups (broad SMARTS) is 1. The van der Waals surface area contributed by atoms with Crippen molar-refractivity contribution in [1.29, 1.82) is 0 Å². The molecule has 0 heterocycles. The first kappa shape index (κ1) is 17.6. The molecule has 0 atom stereocenters. The van der Waals surface area contributed by atoms with Gasteiger partial charge in [0.25, 0.3) is 0 Å². The second-order valence-electron chi connectivity index (χ2n) is 5.50. The number of phenolic OH excluding ortho intramolecular Hbond substituents is 1. The Hall–Kier alpha value is -2.75. The first-order valence-corrected chi connectivity index (χ1v) is 8.08. The largest absolute Gasteiger partial charge is 0.508 e. The number of aromatic hydroxyl groups is 1. The minimum absolute atomic E-state index is 0.100. The predicted octanol–water partition coefficient (Wildman–Crippen LogP) is 4.59. The highest BCUT2D eigenvalue weighted by atomic mass is 16.5. The lowest BCUT2D eigenvalue weighted by Gasteiger charge is -2.10. The minimum Gasteiger partial charge on any atom is -0.508 e. The average Bonchev–Trinajstić information content (AvgIpc) is 2.58. The zero-order chi connectivity index (χ0) is 17.4. The molecule has 0 radical (unpaired) electrons. The third-order valence-electron chi connectivity index (χ3n) is 3.63. The predicted molar refractivity (Wildman–Crippen MR) is 95.1 cm³/mol. The number of carbonyl (C=O) groups is 1. The number of unbranched alkanes of at least 4 members (excludes halogenated alkanes) is 2. The Morgan fingerprint density at radius 3 is 2.46 bits per heavy atom. The molecule has 126 valence electrons. The molecule has 0 aliphatic carbocycles. The molecule has 0 spiro atoms. The van der Waals surface area contributed by atoms with E-state index in [0.717, 1.165) is 24.8 Å². The lowest BCUT2D eigenvalue weighted by Crippen LogP contribution is -2.01. The average molecular weight is 326 g/mol. The summed E-state index contributed by atoms with van der Waals surface area (Å²) in [5.41, 5.74) is 1.40. The zero-order valence-corrected chi connectivity index (χ0v) is 13.7. The van der Waals surface area contributed by atoms with Crippen molar-refractivity contribution in [2.24, 2.45) is 0 Å². The molecular weight excluding hydrogens is 304 g/mol. The summed E-state index contributed by atoms with van der Waals surface area (Å²) in [6.07, 6.45) is 4.79. The highest BCUT2D eigenvalue weighted by Gasteiger charge is 2.12. The number of ether oxygens (including phenoxy) is 1. The number of benzene rings is 2. The van der Waals surface area contributed by atoms with Crippen molar-refractivity contribution in [2.45, 2.75) is 26.2 Å². The van der Waals surface area contributed by atoms with E-state index in [0.29, 0.717) is 17.9 Å². The maximum atomic E-state index is 11.6. The van der Waals surface area contributed by atoms with Gasteiger partial charge in [-0.2, -0.15) is 0 Å². The summed E-state index contributed by atoms with van der Waals surface area (Å²) in [6.45, 7) is 2.74. The van der Waals surface area contributed by atoms with Gasteiger partial charge >= 0.3 is 5.97 Å². The van der Waals surface area contributed by atoms with Gasteiger partial charge in [-0.3, -0.25) is 0 Å². The van der Waals surface area contributed by atoms with Crippen LogP contribution in [0.3, 0.4) is 0 Å². The lowest BCUT2D eigenvalue weighted by atomic mass is 10.0. The monoisotopic (exact) mass is 326 g/mol. The molecule has 0 aromatic heterocycles. The maximum Gasteiger partial charge on any atom is 0.336 e. The molecule has 0 fully saturated rings. The van der Waals surface area contributed by atoms with Crippen LogP contribution in [-0.4, -0.2) is 22.8 Å². The number of hydrogen-bond donors (Lipinski definition) is 2. The number of para-hydroxylation sites is 1. The fourth-order valence-corrected chi connectivity index (χ4v) is 2.33. The maximum absolute atomic E-state index is 11.6. The Bertz CT molecular complexity index is 702. The third kappa shape index (κ3) is 4.88. The summed E-state index contributed by atoms with van der Waals surface area (Å²) in [5, 5.41) is 18.9. The van der Waals surface area contributed by atoms with E-state index in [1.807, 2.05) is 24.3 Å². The Morgan fingerprint density at radius 1 is 1.08 bits per heavy atom. The first-order chi connectivity index (χ1) is 11.6. The van der Waals surface area contributed by atoms with Gasteiger partial charge < -0.3 is 14.9 Å². The number of phenols is 1. The van der Waals surface area contributed by atoms with Crippen molar-refractivity contribution in [3.8, 4) is 11.5 Å². The van der Waals surface area contributed by atoms with Crippen LogP contribution in [0, 0.1) is 0 Å². The fraction of sp³-hybridized carbons (Fsp3) is 0.250. The summed E-state index contributed by atoms with van der Waals surface area (Å²) >= 11 is 0. The van der Waals surface area contributed by atoms with Crippen LogP contribution in [0.2, 0.25) is 0 Å². The van der Waals surface area contributed by atoms with Crippen molar-refractivity contribution in [3.63, 3.8) is 0 Å². The smallest absolute Gasteiger partial charge is 0.336 e. The topological polar surface area (TPSA) is 66.8 Å². The number of carboxylic acids is 1. The molecule has 0 aliphatic heterocycles. The number of aliphatic carboxylic acids is 1. The Kier molecular flexibility index (Phi) is 6.43. The molecular formula is C20H22O4. The second-order valence-corrected chi connectivity index (χ2v) is 5.50. The van der Waals surface area contributed by atoms with Crippen LogP contribution in [0.4, 0.5) is 0 Å². The molecule has 2 rings (SSSR count). The van der Waals surface area contributed by atoms with Gasteiger partial charge in [0, 0.05) is 5.56 Å². The van der Waals surface area contributed by atoms with Crippen LogP contribution < -0.4 is 4.74 Å². The molecule has 2 N–H and O–H groups in total. The van der Waals surface area contributed by atoms with Crippen molar-refractivity contribution in [2.75, 3.05) is 6.61 Å². The molecule has 0 saturated carbocycles. The van der Waals surface area contributed by atoms with E-state index in [4.69, 9.17) is 4.74 Å². The third-order valence-corrected chi connectivity index (χ3v) is 3.63. The summed E-state index contributed by atoms with van der Waals surface area (Å²) in [6, 6.07) is 13.5. The van der Waals surface area contributed by atoms with E-state index in [1.54, 1.807) is 18.2 Å². The van der Waals surface area contributed by atoms with Crippen molar-refractivity contribution >= 4 is 17.6 Å².